The average molecular weight is 168 g/mol. The van der Waals surface area contributed by atoms with Crippen LogP contribution in [0.1, 0.15) is 50.6 Å². The summed E-state index contributed by atoms with van der Waals surface area (Å²) in [4.78, 5) is 0. The first kappa shape index (κ1) is 11.2. The van der Waals surface area contributed by atoms with E-state index in [1.807, 2.05) is 20.8 Å². The third-order valence-electron chi connectivity index (χ3n) is 1.76. The Morgan fingerprint density at radius 3 is 1.83 bits per heavy atom. The zero-order valence-electron chi connectivity index (χ0n) is 9.02. The molecule has 12 heavy (non-hydrogen) atoms. The van der Waals surface area contributed by atoms with Gasteiger partial charge in [0.1, 0.15) is 0 Å². The lowest BCUT2D eigenvalue weighted by atomic mass is 10.0. The molecular formula is C10H20N2. The molecule has 70 valence electrons. The average Bonchev–Trinajstić information content (AvgIpc) is 2.35. The summed E-state index contributed by atoms with van der Waals surface area (Å²) in [6.07, 6.45) is 0. The smallest absolute Gasteiger partial charge is 0.0628 e. The molecule has 1 N–H and O–H groups in total. The van der Waals surface area contributed by atoms with Crippen LogP contribution in [0.4, 0.5) is 0 Å². The van der Waals surface area contributed by atoms with Gasteiger partial charge in [0, 0.05) is 5.69 Å². The summed E-state index contributed by atoms with van der Waals surface area (Å²) in [7, 11) is 0. The molecule has 0 atom stereocenters. The van der Waals surface area contributed by atoms with Gasteiger partial charge in [-0.15, -0.1) is 0 Å². The van der Waals surface area contributed by atoms with Crippen LogP contribution < -0.4 is 0 Å². The Kier molecular flexibility index (Phi) is 4.64. The fourth-order valence-corrected chi connectivity index (χ4v) is 1.41. The molecule has 0 spiro atoms. The van der Waals surface area contributed by atoms with E-state index in [9.17, 15) is 0 Å². The highest BCUT2D eigenvalue weighted by molar-refractivity contribution is 5.26. The van der Waals surface area contributed by atoms with Gasteiger partial charge in [0.25, 0.3) is 0 Å². The van der Waals surface area contributed by atoms with Crippen LogP contribution in [0, 0.1) is 13.8 Å². The summed E-state index contributed by atoms with van der Waals surface area (Å²) in [6.45, 7) is 12.5. The molecule has 1 aromatic heterocycles. The summed E-state index contributed by atoms with van der Waals surface area (Å²) < 4.78 is 0. The Balaban J connectivity index is 0.000000561. The van der Waals surface area contributed by atoms with E-state index in [1.54, 1.807) is 0 Å². The summed E-state index contributed by atoms with van der Waals surface area (Å²) in [5.74, 6) is 0.582. The van der Waals surface area contributed by atoms with E-state index in [0.29, 0.717) is 5.92 Å². The van der Waals surface area contributed by atoms with Crippen molar-refractivity contribution in [2.45, 2.75) is 47.5 Å². The second-order valence-electron chi connectivity index (χ2n) is 3.00. The molecule has 1 heterocycles. The van der Waals surface area contributed by atoms with Crippen molar-refractivity contribution in [3.63, 3.8) is 0 Å². The fraction of sp³-hybridized carbons (Fsp3) is 0.700. The highest BCUT2D eigenvalue weighted by atomic mass is 15.1. The molecule has 2 nitrogen and oxygen atoms in total. The molecule has 0 fully saturated rings. The normalized spacial score (nSPS) is 9.58. The van der Waals surface area contributed by atoms with Gasteiger partial charge in [-0.05, 0) is 25.3 Å². The minimum atomic E-state index is 0.582. The Morgan fingerprint density at radius 1 is 1.17 bits per heavy atom. The lowest BCUT2D eigenvalue weighted by Gasteiger charge is -2.02. The Morgan fingerprint density at radius 2 is 1.67 bits per heavy atom. The van der Waals surface area contributed by atoms with Crippen LogP contribution in [-0.2, 0) is 0 Å². The third-order valence-corrected chi connectivity index (χ3v) is 1.76. The number of hydrogen-bond acceptors (Lipinski definition) is 1. The molecule has 0 saturated heterocycles. The van der Waals surface area contributed by atoms with Gasteiger partial charge in [0.05, 0.1) is 5.69 Å². The van der Waals surface area contributed by atoms with Crippen molar-refractivity contribution < 1.29 is 0 Å². The SMILES string of the molecule is CC.Cc1n[nH]c(C)c1C(C)C. The van der Waals surface area contributed by atoms with Crippen LogP contribution >= 0.6 is 0 Å². The van der Waals surface area contributed by atoms with Gasteiger partial charge in [0.15, 0.2) is 0 Å². The molecule has 0 amide bonds. The summed E-state index contributed by atoms with van der Waals surface area (Å²) >= 11 is 0. The van der Waals surface area contributed by atoms with Crippen LogP contribution in [0.15, 0.2) is 0 Å². The maximum absolute atomic E-state index is 4.11. The minimum absolute atomic E-state index is 0.582. The number of rotatable bonds is 1. The standard InChI is InChI=1S/C8H14N2.C2H6/c1-5(2)8-6(3)9-10-7(8)4;1-2/h5H,1-4H3,(H,9,10);1-2H3. The number of nitrogens with zero attached hydrogens (tertiary/aromatic N) is 1. The van der Waals surface area contributed by atoms with Crippen LogP contribution in [0.25, 0.3) is 0 Å². The maximum Gasteiger partial charge on any atom is 0.0628 e. The molecule has 2 heteroatoms. The number of aryl methyl sites for hydroxylation is 2. The molecular weight excluding hydrogens is 148 g/mol. The monoisotopic (exact) mass is 168 g/mol. The van der Waals surface area contributed by atoms with Crippen molar-refractivity contribution in [3.8, 4) is 0 Å². The second kappa shape index (κ2) is 4.96. The van der Waals surface area contributed by atoms with Gasteiger partial charge >= 0.3 is 0 Å². The van der Waals surface area contributed by atoms with Gasteiger partial charge in [-0.2, -0.15) is 5.10 Å². The summed E-state index contributed by atoms with van der Waals surface area (Å²) in [5, 5.41) is 7.08. The zero-order chi connectivity index (χ0) is 9.72. The molecule has 0 saturated carbocycles. The van der Waals surface area contributed by atoms with Crippen molar-refractivity contribution in [2.75, 3.05) is 0 Å². The molecule has 0 aromatic carbocycles. The summed E-state index contributed by atoms with van der Waals surface area (Å²) in [5.41, 5.74) is 3.69. The number of nitrogens with one attached hydrogen (secondary N) is 1. The Labute approximate surface area is 75.4 Å². The first-order chi connectivity index (χ1) is 5.63. The lowest BCUT2D eigenvalue weighted by Crippen LogP contribution is -1.90. The van der Waals surface area contributed by atoms with Gasteiger partial charge in [-0.25, -0.2) is 0 Å². The molecule has 0 aliphatic rings. The van der Waals surface area contributed by atoms with Gasteiger partial charge < -0.3 is 0 Å². The van der Waals surface area contributed by atoms with E-state index in [-0.39, 0.29) is 0 Å². The quantitative estimate of drug-likeness (QED) is 0.685. The second-order valence-corrected chi connectivity index (χ2v) is 3.00. The maximum atomic E-state index is 4.11. The van der Waals surface area contributed by atoms with Crippen LogP contribution in [-0.4, -0.2) is 10.2 Å². The van der Waals surface area contributed by atoms with Crippen molar-refractivity contribution in [1.82, 2.24) is 10.2 Å². The zero-order valence-corrected chi connectivity index (χ0v) is 9.02. The molecule has 0 radical (unpaired) electrons. The van der Waals surface area contributed by atoms with E-state index in [1.165, 1.54) is 11.3 Å². The molecule has 0 aliphatic heterocycles. The van der Waals surface area contributed by atoms with E-state index in [2.05, 4.69) is 31.0 Å². The molecule has 0 unspecified atom stereocenters. The Hall–Kier alpha value is -0.790. The number of aromatic nitrogens is 2. The largest absolute Gasteiger partial charge is 0.282 e. The topological polar surface area (TPSA) is 28.7 Å². The predicted octanol–water partition coefficient (Wildman–Crippen LogP) is 3.18. The lowest BCUT2D eigenvalue weighted by molar-refractivity contribution is 0.848. The first-order valence-electron chi connectivity index (χ1n) is 4.64. The van der Waals surface area contributed by atoms with Gasteiger partial charge in [-0.3, -0.25) is 5.10 Å². The molecule has 1 aromatic rings. The fourth-order valence-electron chi connectivity index (χ4n) is 1.41. The van der Waals surface area contributed by atoms with E-state index in [4.69, 9.17) is 0 Å². The van der Waals surface area contributed by atoms with Crippen LogP contribution in [0.2, 0.25) is 0 Å². The van der Waals surface area contributed by atoms with Crippen molar-refractivity contribution in [1.29, 1.82) is 0 Å². The minimum Gasteiger partial charge on any atom is -0.282 e. The van der Waals surface area contributed by atoms with Gasteiger partial charge in [0.2, 0.25) is 0 Å². The van der Waals surface area contributed by atoms with Crippen molar-refractivity contribution in [3.05, 3.63) is 17.0 Å². The van der Waals surface area contributed by atoms with E-state index in [0.717, 1.165) is 5.69 Å². The van der Waals surface area contributed by atoms with Crippen molar-refractivity contribution >= 4 is 0 Å². The number of hydrogen-bond donors (Lipinski definition) is 1. The number of H-pyrrole nitrogens is 1. The van der Waals surface area contributed by atoms with E-state index < -0.39 is 0 Å². The molecule has 1 rings (SSSR count). The Bertz CT molecular complexity index is 204. The van der Waals surface area contributed by atoms with E-state index >= 15 is 0 Å². The highest BCUT2D eigenvalue weighted by Gasteiger charge is 2.08. The first-order valence-corrected chi connectivity index (χ1v) is 4.64. The number of aromatic amines is 1. The van der Waals surface area contributed by atoms with Crippen LogP contribution in [0.3, 0.4) is 0 Å². The highest BCUT2D eigenvalue weighted by Crippen LogP contribution is 2.19. The van der Waals surface area contributed by atoms with Gasteiger partial charge in [-0.1, -0.05) is 27.7 Å². The van der Waals surface area contributed by atoms with Crippen LogP contribution in [0.5, 0.6) is 0 Å². The predicted molar refractivity (Wildman–Crippen MR) is 53.5 cm³/mol. The van der Waals surface area contributed by atoms with Crippen molar-refractivity contribution in [2.24, 2.45) is 0 Å². The third kappa shape index (κ3) is 2.36. The summed E-state index contributed by atoms with van der Waals surface area (Å²) in [6, 6.07) is 0. The molecule has 0 aliphatic carbocycles. The molecule has 0 bridgehead atoms.